The minimum absolute atomic E-state index is 0.0961. The highest BCUT2D eigenvalue weighted by atomic mass is 35.5. The Labute approximate surface area is 163 Å². The lowest BCUT2D eigenvalue weighted by Gasteiger charge is -2.17. The van der Waals surface area contributed by atoms with Crippen LogP contribution in [0.5, 0.6) is 0 Å². The molecule has 27 heavy (non-hydrogen) atoms. The summed E-state index contributed by atoms with van der Waals surface area (Å²) in [6.45, 7) is 0.514. The summed E-state index contributed by atoms with van der Waals surface area (Å²) in [5, 5.41) is 3.68. The summed E-state index contributed by atoms with van der Waals surface area (Å²) >= 11 is 5.89. The minimum atomic E-state index is -0.425. The van der Waals surface area contributed by atoms with E-state index in [4.69, 9.17) is 11.6 Å². The third-order valence-electron chi connectivity index (χ3n) is 4.35. The normalized spacial score (nSPS) is 11.8. The Morgan fingerprint density at radius 2 is 1.78 bits per heavy atom. The molecule has 1 unspecified atom stereocenters. The van der Waals surface area contributed by atoms with Crippen LogP contribution in [0.3, 0.4) is 0 Å². The van der Waals surface area contributed by atoms with Gasteiger partial charge >= 0.3 is 0 Å². The van der Waals surface area contributed by atoms with E-state index in [9.17, 15) is 9.18 Å². The highest BCUT2D eigenvalue weighted by Gasteiger charge is 2.21. The standard InChI is InChI=1S/C22H20ClFN2O/c23-18-8-4-16(5-9-18)12-14-26-22(27)21(15-20-3-1-2-13-25-20)17-6-10-19(24)11-7-17/h1-11,13,21H,12,14-15H2,(H,26,27). The van der Waals surface area contributed by atoms with Gasteiger partial charge in [0.15, 0.2) is 0 Å². The van der Waals surface area contributed by atoms with E-state index in [1.807, 2.05) is 42.5 Å². The molecule has 0 aliphatic heterocycles. The summed E-state index contributed by atoms with van der Waals surface area (Å²) in [6.07, 6.45) is 2.87. The predicted molar refractivity (Wildman–Crippen MR) is 105 cm³/mol. The zero-order valence-corrected chi connectivity index (χ0v) is 15.5. The Kier molecular flexibility index (Phi) is 6.55. The summed E-state index contributed by atoms with van der Waals surface area (Å²) < 4.78 is 13.3. The van der Waals surface area contributed by atoms with Crippen molar-refractivity contribution >= 4 is 17.5 Å². The van der Waals surface area contributed by atoms with Crippen LogP contribution in [0.15, 0.2) is 72.9 Å². The molecule has 0 aliphatic carbocycles. The summed E-state index contributed by atoms with van der Waals surface area (Å²) in [6, 6.07) is 19.2. The zero-order chi connectivity index (χ0) is 19.1. The number of benzene rings is 2. The molecular formula is C22H20ClFN2O. The van der Waals surface area contributed by atoms with Gasteiger partial charge in [0.1, 0.15) is 5.82 Å². The second kappa shape index (κ2) is 9.28. The fourth-order valence-electron chi connectivity index (χ4n) is 2.89. The number of rotatable bonds is 7. The van der Waals surface area contributed by atoms with Gasteiger partial charge in [0.05, 0.1) is 5.92 Å². The van der Waals surface area contributed by atoms with Crippen LogP contribution in [0.4, 0.5) is 4.39 Å². The van der Waals surface area contributed by atoms with Crippen LogP contribution in [-0.2, 0) is 17.6 Å². The van der Waals surface area contributed by atoms with Crippen molar-refractivity contribution in [2.45, 2.75) is 18.8 Å². The van der Waals surface area contributed by atoms with Crippen molar-refractivity contribution in [2.24, 2.45) is 0 Å². The predicted octanol–water partition coefficient (Wildman–Crippen LogP) is 4.56. The van der Waals surface area contributed by atoms with Crippen LogP contribution in [0.25, 0.3) is 0 Å². The van der Waals surface area contributed by atoms with Gasteiger partial charge in [0.25, 0.3) is 0 Å². The van der Waals surface area contributed by atoms with Gasteiger partial charge in [0.2, 0.25) is 5.91 Å². The van der Waals surface area contributed by atoms with Gasteiger partial charge in [-0.25, -0.2) is 4.39 Å². The van der Waals surface area contributed by atoms with E-state index in [0.717, 1.165) is 16.8 Å². The number of halogens is 2. The lowest BCUT2D eigenvalue weighted by molar-refractivity contribution is -0.122. The van der Waals surface area contributed by atoms with Gasteiger partial charge in [-0.1, -0.05) is 41.9 Å². The maximum absolute atomic E-state index is 13.3. The summed E-state index contributed by atoms with van der Waals surface area (Å²) in [5.41, 5.74) is 2.69. The first-order chi connectivity index (χ1) is 13.1. The Morgan fingerprint density at radius 3 is 2.44 bits per heavy atom. The van der Waals surface area contributed by atoms with Crippen molar-refractivity contribution < 1.29 is 9.18 Å². The van der Waals surface area contributed by atoms with Gasteiger partial charge in [-0.15, -0.1) is 0 Å². The number of carbonyl (C=O) groups is 1. The highest BCUT2D eigenvalue weighted by molar-refractivity contribution is 6.30. The molecule has 1 amide bonds. The number of amides is 1. The summed E-state index contributed by atoms with van der Waals surface area (Å²) in [4.78, 5) is 17.1. The molecule has 0 radical (unpaired) electrons. The van der Waals surface area contributed by atoms with E-state index < -0.39 is 5.92 Å². The Balaban J connectivity index is 1.68. The fourth-order valence-corrected chi connectivity index (χ4v) is 3.02. The largest absolute Gasteiger partial charge is 0.355 e. The zero-order valence-electron chi connectivity index (χ0n) is 14.7. The average Bonchev–Trinajstić information content (AvgIpc) is 2.69. The second-order valence-corrected chi connectivity index (χ2v) is 6.73. The number of aromatic nitrogens is 1. The second-order valence-electron chi connectivity index (χ2n) is 6.30. The maximum Gasteiger partial charge on any atom is 0.227 e. The van der Waals surface area contributed by atoms with E-state index in [0.29, 0.717) is 24.4 Å². The molecule has 138 valence electrons. The molecule has 1 N–H and O–H groups in total. The topological polar surface area (TPSA) is 42.0 Å². The maximum atomic E-state index is 13.3. The molecule has 2 aromatic carbocycles. The van der Waals surface area contributed by atoms with Crippen molar-refractivity contribution in [3.05, 3.63) is 101 Å². The van der Waals surface area contributed by atoms with Gasteiger partial charge < -0.3 is 5.32 Å². The minimum Gasteiger partial charge on any atom is -0.355 e. The highest BCUT2D eigenvalue weighted by Crippen LogP contribution is 2.21. The van der Waals surface area contributed by atoms with E-state index in [-0.39, 0.29) is 11.7 Å². The monoisotopic (exact) mass is 382 g/mol. The molecule has 0 fully saturated rings. The molecule has 0 saturated carbocycles. The molecule has 1 heterocycles. The van der Waals surface area contributed by atoms with Crippen LogP contribution in [0.2, 0.25) is 5.02 Å². The lowest BCUT2D eigenvalue weighted by atomic mass is 9.93. The summed E-state index contributed by atoms with van der Waals surface area (Å²) in [5.74, 6) is -0.842. The molecule has 3 aromatic rings. The third kappa shape index (κ3) is 5.63. The molecule has 3 rings (SSSR count). The van der Waals surface area contributed by atoms with E-state index in [1.54, 1.807) is 18.3 Å². The molecule has 1 aromatic heterocycles. The van der Waals surface area contributed by atoms with Crippen molar-refractivity contribution in [3.63, 3.8) is 0 Å². The van der Waals surface area contributed by atoms with Gasteiger partial charge in [0, 0.05) is 29.9 Å². The molecular weight excluding hydrogens is 363 g/mol. The molecule has 3 nitrogen and oxygen atoms in total. The van der Waals surface area contributed by atoms with Crippen LogP contribution in [0, 0.1) is 5.82 Å². The van der Waals surface area contributed by atoms with Gasteiger partial charge in [-0.2, -0.15) is 0 Å². The number of hydrogen-bond donors (Lipinski definition) is 1. The third-order valence-corrected chi connectivity index (χ3v) is 4.61. The van der Waals surface area contributed by atoms with Crippen molar-refractivity contribution in [2.75, 3.05) is 6.54 Å². The quantitative estimate of drug-likeness (QED) is 0.650. The number of nitrogens with zero attached hydrogens (tertiary/aromatic N) is 1. The molecule has 0 aliphatic rings. The van der Waals surface area contributed by atoms with Crippen LogP contribution < -0.4 is 5.32 Å². The number of hydrogen-bond acceptors (Lipinski definition) is 2. The molecule has 0 spiro atoms. The number of nitrogens with one attached hydrogen (secondary N) is 1. The SMILES string of the molecule is O=C(NCCc1ccc(Cl)cc1)C(Cc1ccccn1)c1ccc(F)cc1. The van der Waals surface area contributed by atoms with Crippen LogP contribution >= 0.6 is 11.6 Å². The Hall–Kier alpha value is -2.72. The van der Waals surface area contributed by atoms with E-state index >= 15 is 0 Å². The first-order valence-electron chi connectivity index (χ1n) is 8.79. The van der Waals surface area contributed by atoms with Gasteiger partial charge in [-0.3, -0.25) is 9.78 Å². The summed E-state index contributed by atoms with van der Waals surface area (Å²) in [7, 11) is 0. The smallest absolute Gasteiger partial charge is 0.227 e. The Bertz CT molecular complexity index is 867. The van der Waals surface area contributed by atoms with Crippen LogP contribution in [0.1, 0.15) is 22.7 Å². The lowest BCUT2D eigenvalue weighted by Crippen LogP contribution is -2.32. The fraction of sp³-hybridized carbons (Fsp3) is 0.182. The number of pyridine rings is 1. The molecule has 1 atom stereocenters. The molecule has 5 heteroatoms. The average molecular weight is 383 g/mol. The molecule has 0 bridgehead atoms. The van der Waals surface area contributed by atoms with Crippen molar-refractivity contribution in [1.29, 1.82) is 0 Å². The van der Waals surface area contributed by atoms with E-state index in [2.05, 4.69) is 10.3 Å². The molecule has 0 saturated heterocycles. The first-order valence-corrected chi connectivity index (χ1v) is 9.17. The van der Waals surface area contributed by atoms with E-state index in [1.165, 1.54) is 12.1 Å². The number of carbonyl (C=O) groups excluding carboxylic acids is 1. The van der Waals surface area contributed by atoms with Gasteiger partial charge in [-0.05, 0) is 53.9 Å². The first kappa shape index (κ1) is 19.1. The van der Waals surface area contributed by atoms with Crippen molar-refractivity contribution in [3.8, 4) is 0 Å². The van der Waals surface area contributed by atoms with Crippen LogP contribution in [-0.4, -0.2) is 17.4 Å². The Morgan fingerprint density at radius 1 is 1.04 bits per heavy atom. The van der Waals surface area contributed by atoms with Crippen molar-refractivity contribution in [1.82, 2.24) is 10.3 Å².